The minimum Gasteiger partial charge on any atom is -0.477 e. The number of nitrogens with two attached hydrogens (primary N) is 1. The molecule has 3 amide bonds. The van der Waals surface area contributed by atoms with Gasteiger partial charge in [0.2, 0.25) is 5.91 Å². The fraction of sp³-hybridized carbons (Fsp3) is 0.391. The zero-order chi connectivity index (χ0) is 26.5. The van der Waals surface area contributed by atoms with Gasteiger partial charge in [-0.2, -0.15) is 5.21 Å². The Balaban J connectivity index is 1.42. The first-order valence-corrected chi connectivity index (χ1v) is 13.7. The highest BCUT2D eigenvalue weighted by atomic mass is 32.2. The number of carbonyl (C=O) groups excluding carboxylic acids is 3. The highest BCUT2D eigenvalue weighted by Gasteiger charge is 2.54. The van der Waals surface area contributed by atoms with Gasteiger partial charge in [-0.3, -0.25) is 19.3 Å². The van der Waals surface area contributed by atoms with Crippen LogP contribution in [0, 0.1) is 0 Å². The molecule has 1 aromatic heterocycles. The first-order valence-electron chi connectivity index (χ1n) is 11.7. The highest BCUT2D eigenvalue weighted by Crippen LogP contribution is 2.41. The monoisotopic (exact) mass is 545 g/mol. The number of hydrogen-bond acceptors (Lipinski definition) is 9. The Labute approximate surface area is 221 Å². The summed E-state index contributed by atoms with van der Waals surface area (Å²) in [6.45, 7) is 2.53. The van der Waals surface area contributed by atoms with Gasteiger partial charge in [0.25, 0.3) is 11.8 Å². The number of carboxylic acid groups (broad SMARTS) is 1. The van der Waals surface area contributed by atoms with Crippen LogP contribution in [0.1, 0.15) is 41.9 Å². The Kier molecular flexibility index (Phi) is 8.51. The van der Waals surface area contributed by atoms with E-state index in [1.165, 1.54) is 28.4 Å². The number of fused-ring (bicyclic) bond motifs is 1. The van der Waals surface area contributed by atoms with Crippen molar-refractivity contribution in [1.29, 1.82) is 0 Å². The molecule has 0 bridgehead atoms. The molecule has 3 atom stereocenters. The Morgan fingerprint density at radius 2 is 2.05 bits per heavy atom. The largest absolute Gasteiger partial charge is 0.477 e. The molecule has 6 N–H and O–H groups in total. The van der Waals surface area contributed by atoms with Crippen LogP contribution in [0.4, 0.5) is 0 Å². The molecule has 0 spiro atoms. The number of thioether (sulfide) groups is 2. The van der Waals surface area contributed by atoms with Crippen LogP contribution >= 0.6 is 23.5 Å². The molecule has 14 heteroatoms. The summed E-state index contributed by atoms with van der Waals surface area (Å²) in [6.07, 6.45) is 1.77. The van der Waals surface area contributed by atoms with Crippen LogP contribution in [0.5, 0.6) is 0 Å². The van der Waals surface area contributed by atoms with Gasteiger partial charge in [0.1, 0.15) is 23.2 Å². The van der Waals surface area contributed by atoms with Gasteiger partial charge < -0.3 is 21.5 Å². The second-order valence-electron chi connectivity index (χ2n) is 8.42. The van der Waals surface area contributed by atoms with E-state index in [1.807, 2.05) is 13.0 Å². The Hall–Kier alpha value is -3.36. The lowest BCUT2D eigenvalue weighted by Crippen LogP contribution is -2.71. The maximum atomic E-state index is 12.9. The second kappa shape index (κ2) is 11.8. The fourth-order valence-electron chi connectivity index (χ4n) is 3.94. The SMILES string of the molecule is CCCCNC(=O)c1n[nH]nc1SCC1=C(C(=O)O)N2C(=O)C(NC(=O)C(N)c3ccccc3)[C@@H]2SC1. The van der Waals surface area contributed by atoms with E-state index in [2.05, 4.69) is 26.0 Å². The summed E-state index contributed by atoms with van der Waals surface area (Å²) in [7, 11) is 0. The van der Waals surface area contributed by atoms with E-state index in [4.69, 9.17) is 5.73 Å². The summed E-state index contributed by atoms with van der Waals surface area (Å²) in [5.74, 6) is -2.09. The van der Waals surface area contributed by atoms with Gasteiger partial charge in [0.05, 0.1) is 0 Å². The number of rotatable bonds is 11. The fourth-order valence-corrected chi connectivity index (χ4v) is 6.34. The zero-order valence-corrected chi connectivity index (χ0v) is 21.6. The number of hydrogen-bond donors (Lipinski definition) is 5. The molecule has 4 rings (SSSR count). The van der Waals surface area contributed by atoms with Crippen molar-refractivity contribution in [3.8, 4) is 0 Å². The average molecular weight is 546 g/mol. The van der Waals surface area contributed by atoms with E-state index in [9.17, 15) is 24.3 Å². The van der Waals surface area contributed by atoms with Crippen molar-refractivity contribution in [3.05, 3.63) is 52.9 Å². The smallest absolute Gasteiger partial charge is 0.352 e. The molecule has 2 aliphatic heterocycles. The number of H-pyrrole nitrogens is 1. The molecule has 1 fully saturated rings. The van der Waals surface area contributed by atoms with Crippen LogP contribution in [-0.4, -0.2) is 78.6 Å². The Morgan fingerprint density at radius 3 is 2.76 bits per heavy atom. The number of aromatic amines is 1. The number of aromatic nitrogens is 3. The molecule has 3 heterocycles. The number of unbranched alkanes of at least 4 members (excludes halogenated alkanes) is 1. The van der Waals surface area contributed by atoms with Crippen LogP contribution in [0.25, 0.3) is 0 Å². The van der Waals surface area contributed by atoms with Crippen molar-refractivity contribution in [3.63, 3.8) is 0 Å². The lowest BCUT2D eigenvalue weighted by molar-refractivity contribution is -0.150. The third-order valence-corrected chi connectivity index (χ3v) is 8.31. The van der Waals surface area contributed by atoms with Crippen molar-refractivity contribution in [2.45, 2.75) is 42.2 Å². The number of carboxylic acids is 1. The normalized spacial score (nSPS) is 19.6. The molecule has 196 valence electrons. The van der Waals surface area contributed by atoms with E-state index in [0.717, 1.165) is 12.8 Å². The number of carbonyl (C=O) groups is 4. The van der Waals surface area contributed by atoms with E-state index in [0.29, 0.717) is 28.5 Å². The molecule has 2 unspecified atom stereocenters. The molecule has 2 aliphatic rings. The van der Waals surface area contributed by atoms with Crippen molar-refractivity contribution in [2.75, 3.05) is 18.1 Å². The highest BCUT2D eigenvalue weighted by molar-refractivity contribution is 8.01. The molecule has 12 nitrogen and oxygen atoms in total. The van der Waals surface area contributed by atoms with E-state index in [-0.39, 0.29) is 23.1 Å². The van der Waals surface area contributed by atoms with Crippen molar-refractivity contribution in [1.82, 2.24) is 30.9 Å². The lowest BCUT2D eigenvalue weighted by atomic mass is 10.0. The minimum atomic E-state index is -1.24. The number of amides is 3. The molecule has 2 aromatic rings. The lowest BCUT2D eigenvalue weighted by Gasteiger charge is -2.49. The third kappa shape index (κ3) is 5.65. The maximum Gasteiger partial charge on any atom is 0.352 e. The summed E-state index contributed by atoms with van der Waals surface area (Å²) >= 11 is 2.52. The van der Waals surface area contributed by atoms with Crippen molar-refractivity contribution < 1.29 is 24.3 Å². The molecule has 1 aromatic carbocycles. The van der Waals surface area contributed by atoms with Gasteiger partial charge in [0, 0.05) is 18.1 Å². The predicted octanol–water partition coefficient (Wildman–Crippen LogP) is 0.865. The Morgan fingerprint density at radius 1 is 1.30 bits per heavy atom. The average Bonchev–Trinajstić information content (AvgIpc) is 3.38. The summed E-state index contributed by atoms with van der Waals surface area (Å²) in [5, 5.41) is 25.5. The maximum absolute atomic E-state index is 12.9. The van der Waals surface area contributed by atoms with Crippen molar-refractivity contribution >= 4 is 47.2 Å². The summed E-state index contributed by atoms with van der Waals surface area (Å²) in [4.78, 5) is 51.3. The van der Waals surface area contributed by atoms with Crippen LogP contribution in [0.2, 0.25) is 0 Å². The van der Waals surface area contributed by atoms with Gasteiger partial charge in [-0.05, 0) is 17.6 Å². The second-order valence-corrected chi connectivity index (χ2v) is 10.5. The summed E-state index contributed by atoms with van der Waals surface area (Å²) < 4.78 is 0. The van der Waals surface area contributed by atoms with Gasteiger partial charge in [-0.1, -0.05) is 55.4 Å². The summed E-state index contributed by atoms with van der Waals surface area (Å²) in [6, 6.07) is 6.96. The van der Waals surface area contributed by atoms with Crippen LogP contribution in [0.3, 0.4) is 0 Å². The van der Waals surface area contributed by atoms with Gasteiger partial charge >= 0.3 is 5.97 Å². The number of β-lactam (4-membered cyclic amide) rings is 1. The van der Waals surface area contributed by atoms with Crippen LogP contribution in [-0.2, 0) is 14.4 Å². The number of nitrogens with one attached hydrogen (secondary N) is 3. The third-order valence-electron chi connectivity index (χ3n) is 5.92. The molecule has 0 radical (unpaired) electrons. The standard InChI is InChI=1S/C23H27N7O5S2/c1-2-3-9-25-19(32)15-20(28-29-27-15)36-10-13-11-37-22-16(21(33)30(22)17(13)23(34)35)26-18(31)14(24)12-7-5-4-6-8-12/h4-8,14,16,22H,2-3,9-11,24H2,1H3,(H,25,32)(H,26,31)(H,34,35)(H,27,28,29)/t14?,16?,22-/m0/s1. The molecule has 1 saturated heterocycles. The van der Waals surface area contributed by atoms with Gasteiger partial charge in [-0.15, -0.1) is 22.0 Å². The number of aliphatic carboxylic acids is 1. The zero-order valence-electron chi connectivity index (χ0n) is 20.0. The first kappa shape index (κ1) is 26.7. The van der Waals surface area contributed by atoms with Crippen molar-refractivity contribution in [2.24, 2.45) is 5.73 Å². The minimum absolute atomic E-state index is 0.114. The van der Waals surface area contributed by atoms with E-state index >= 15 is 0 Å². The quantitative estimate of drug-likeness (QED) is 0.154. The van der Waals surface area contributed by atoms with Crippen LogP contribution in [0.15, 0.2) is 46.6 Å². The summed E-state index contributed by atoms with van der Waals surface area (Å²) in [5.41, 5.74) is 7.18. The van der Waals surface area contributed by atoms with Gasteiger partial charge in [-0.25, -0.2) is 4.79 Å². The van der Waals surface area contributed by atoms with Gasteiger partial charge in [0.15, 0.2) is 10.7 Å². The molecule has 0 saturated carbocycles. The predicted molar refractivity (Wildman–Crippen MR) is 137 cm³/mol. The topological polar surface area (TPSA) is 183 Å². The molecular formula is C23H27N7O5S2. The number of nitrogens with zero attached hydrogens (tertiary/aromatic N) is 3. The van der Waals surface area contributed by atoms with Crippen LogP contribution < -0.4 is 16.4 Å². The first-order chi connectivity index (χ1) is 17.8. The Bertz CT molecular complexity index is 1220. The van der Waals surface area contributed by atoms with E-state index in [1.54, 1.807) is 24.3 Å². The van der Waals surface area contributed by atoms with E-state index < -0.39 is 35.2 Å². The molecule has 37 heavy (non-hydrogen) atoms. The molecule has 0 aliphatic carbocycles. The number of benzene rings is 1. The molecular weight excluding hydrogens is 518 g/mol.